The van der Waals surface area contributed by atoms with E-state index in [1.807, 2.05) is 25.1 Å². The molecule has 0 amide bonds. The molecule has 0 unspecified atom stereocenters. The van der Waals surface area contributed by atoms with Gasteiger partial charge < -0.3 is 14.0 Å². The van der Waals surface area contributed by atoms with Crippen molar-refractivity contribution in [2.75, 3.05) is 0 Å². The van der Waals surface area contributed by atoms with Gasteiger partial charge in [0, 0.05) is 17.6 Å². The van der Waals surface area contributed by atoms with Gasteiger partial charge in [-0.15, -0.1) is 0 Å². The van der Waals surface area contributed by atoms with Gasteiger partial charge in [-0.3, -0.25) is 0 Å². The van der Waals surface area contributed by atoms with Gasteiger partial charge in [-0.2, -0.15) is 4.39 Å². The van der Waals surface area contributed by atoms with Crippen LogP contribution >= 0.6 is 0 Å². The van der Waals surface area contributed by atoms with Crippen LogP contribution in [0.5, 0.6) is 5.75 Å². The van der Waals surface area contributed by atoms with Crippen LogP contribution in [-0.2, 0) is 11.3 Å². The molecule has 0 N–H and O–H groups in total. The number of hydrogen-bond acceptors (Lipinski definition) is 5. The summed E-state index contributed by atoms with van der Waals surface area (Å²) < 4.78 is 25.3. The molecule has 0 aliphatic heterocycles. The maximum absolute atomic E-state index is 13.1. The van der Waals surface area contributed by atoms with Crippen molar-refractivity contribution in [3.05, 3.63) is 54.0 Å². The predicted octanol–water partition coefficient (Wildman–Crippen LogP) is 4.24. The van der Waals surface area contributed by atoms with Crippen LogP contribution in [-0.4, -0.2) is 26.3 Å². The Bertz CT molecular complexity index is 960. The number of hydrogen-bond donors (Lipinski definition) is 0. The van der Waals surface area contributed by atoms with E-state index in [4.69, 9.17) is 9.47 Å². The van der Waals surface area contributed by atoms with Gasteiger partial charge >= 0.3 is 6.16 Å². The first-order valence-electron chi connectivity index (χ1n) is 8.18. The van der Waals surface area contributed by atoms with Crippen molar-refractivity contribution in [3.8, 4) is 5.75 Å². The molecule has 0 spiro atoms. The Morgan fingerprint density at radius 2 is 2.00 bits per heavy atom. The molecule has 136 valence electrons. The van der Waals surface area contributed by atoms with E-state index in [1.165, 1.54) is 12.5 Å². The third-order valence-corrected chi connectivity index (χ3v) is 3.59. The number of nitrogens with zero attached hydrogens (tertiary/aromatic N) is 3. The molecule has 0 aliphatic rings. The molecule has 0 bridgehead atoms. The van der Waals surface area contributed by atoms with Crippen molar-refractivity contribution in [2.45, 2.75) is 39.8 Å². The number of imidazole rings is 1. The molecule has 7 heteroatoms. The third kappa shape index (κ3) is 4.17. The van der Waals surface area contributed by atoms with Crippen molar-refractivity contribution in [3.63, 3.8) is 0 Å². The molecule has 0 saturated heterocycles. The molecule has 6 nitrogen and oxygen atoms in total. The highest BCUT2D eigenvalue weighted by molar-refractivity contribution is 5.89. The molecule has 2 aromatic heterocycles. The third-order valence-electron chi connectivity index (χ3n) is 3.59. The number of pyridine rings is 1. The Hall–Kier alpha value is -2.96. The van der Waals surface area contributed by atoms with Crippen molar-refractivity contribution in [1.82, 2.24) is 14.5 Å². The highest BCUT2D eigenvalue weighted by Gasteiger charge is 2.20. The monoisotopic (exact) mass is 357 g/mol. The second kappa shape index (κ2) is 6.74. The summed E-state index contributed by atoms with van der Waals surface area (Å²) in [6, 6.07) is 7.26. The first kappa shape index (κ1) is 17.8. The van der Waals surface area contributed by atoms with Crippen LogP contribution in [0.2, 0.25) is 0 Å². The molecule has 0 aliphatic carbocycles. The van der Waals surface area contributed by atoms with E-state index in [-0.39, 0.29) is 0 Å². The molecule has 2 heterocycles. The fourth-order valence-electron chi connectivity index (χ4n) is 2.55. The summed E-state index contributed by atoms with van der Waals surface area (Å²) in [7, 11) is 0. The number of halogens is 1. The number of benzene rings is 1. The predicted molar refractivity (Wildman–Crippen MR) is 94.6 cm³/mol. The van der Waals surface area contributed by atoms with Crippen molar-refractivity contribution in [1.29, 1.82) is 0 Å². The summed E-state index contributed by atoms with van der Waals surface area (Å²) in [4.78, 5) is 20.1. The highest BCUT2D eigenvalue weighted by Crippen LogP contribution is 2.29. The van der Waals surface area contributed by atoms with Gasteiger partial charge in [0.2, 0.25) is 5.95 Å². The molecule has 3 rings (SSSR count). The van der Waals surface area contributed by atoms with Gasteiger partial charge in [-0.05, 0) is 45.4 Å². The summed E-state index contributed by atoms with van der Waals surface area (Å²) in [6.45, 7) is 7.58. The van der Waals surface area contributed by atoms with E-state index >= 15 is 0 Å². The zero-order valence-electron chi connectivity index (χ0n) is 15.1. The summed E-state index contributed by atoms with van der Waals surface area (Å²) in [5, 5.41) is 0.811. The lowest BCUT2D eigenvalue weighted by atomic mass is 10.1. The lowest BCUT2D eigenvalue weighted by Crippen LogP contribution is -2.26. The molecule has 0 radical (unpaired) electrons. The Kier molecular flexibility index (Phi) is 4.63. The molecule has 3 aromatic rings. The lowest BCUT2D eigenvalue weighted by Gasteiger charge is -2.19. The first-order valence-corrected chi connectivity index (χ1v) is 8.18. The van der Waals surface area contributed by atoms with Crippen molar-refractivity contribution >= 4 is 17.1 Å². The molecule has 0 atom stereocenters. The van der Waals surface area contributed by atoms with Crippen LogP contribution in [0.3, 0.4) is 0 Å². The fourth-order valence-corrected chi connectivity index (χ4v) is 2.55. The number of aryl methyl sites for hydroxylation is 1. The van der Waals surface area contributed by atoms with E-state index in [1.54, 1.807) is 31.4 Å². The Morgan fingerprint density at radius 3 is 2.65 bits per heavy atom. The fraction of sp³-hybridized carbons (Fsp3) is 0.316. The largest absolute Gasteiger partial charge is 0.514 e. The number of aromatic nitrogens is 3. The van der Waals surface area contributed by atoms with Crippen LogP contribution in [0.4, 0.5) is 9.18 Å². The summed E-state index contributed by atoms with van der Waals surface area (Å²) in [5.41, 5.74) is 1.59. The van der Waals surface area contributed by atoms with Gasteiger partial charge in [0.05, 0.1) is 12.5 Å². The van der Waals surface area contributed by atoms with Crippen molar-refractivity contribution in [2.24, 2.45) is 0 Å². The highest BCUT2D eigenvalue weighted by atomic mass is 19.1. The second-order valence-corrected chi connectivity index (χ2v) is 7.01. The van der Waals surface area contributed by atoms with Crippen molar-refractivity contribution < 1.29 is 18.7 Å². The maximum atomic E-state index is 13.1. The van der Waals surface area contributed by atoms with Gasteiger partial charge in [0.1, 0.15) is 11.1 Å². The van der Waals surface area contributed by atoms with Gasteiger partial charge in [-0.25, -0.2) is 14.8 Å². The SMILES string of the molecule is Cc1ccc2c(Cn3cnc(F)c3)ccc(OC(=O)OC(C)(C)C)c2n1. The number of rotatable bonds is 3. The second-order valence-electron chi connectivity index (χ2n) is 7.01. The molecule has 0 saturated carbocycles. The van der Waals surface area contributed by atoms with Crippen LogP contribution in [0.1, 0.15) is 32.0 Å². The van der Waals surface area contributed by atoms with Crippen LogP contribution in [0.15, 0.2) is 36.8 Å². The summed E-state index contributed by atoms with van der Waals surface area (Å²) in [5.74, 6) is -0.216. The normalized spacial score (nSPS) is 11.6. The standard InChI is InChI=1S/C19H20FN3O3/c1-12-5-7-14-13(9-23-10-16(20)21-11-23)6-8-15(17(14)22-12)25-18(24)26-19(2,3)4/h5-8,10-11H,9H2,1-4H3. The van der Waals surface area contributed by atoms with Gasteiger partial charge in [0.25, 0.3) is 0 Å². The van der Waals surface area contributed by atoms with Gasteiger partial charge in [-0.1, -0.05) is 12.1 Å². The molecule has 0 fully saturated rings. The van der Waals surface area contributed by atoms with Crippen LogP contribution < -0.4 is 4.74 Å². The molecular weight excluding hydrogens is 337 g/mol. The Balaban J connectivity index is 1.97. The minimum absolute atomic E-state index is 0.318. The smallest absolute Gasteiger partial charge is 0.428 e. The Morgan fingerprint density at radius 1 is 1.23 bits per heavy atom. The first-order chi connectivity index (χ1) is 12.2. The lowest BCUT2D eigenvalue weighted by molar-refractivity contribution is 0.0209. The quantitative estimate of drug-likeness (QED) is 0.518. The van der Waals surface area contributed by atoms with E-state index in [0.717, 1.165) is 16.6 Å². The number of ether oxygens (including phenoxy) is 2. The zero-order valence-corrected chi connectivity index (χ0v) is 15.1. The Labute approximate surface area is 150 Å². The topological polar surface area (TPSA) is 66.2 Å². The van der Waals surface area contributed by atoms with Crippen LogP contribution in [0, 0.1) is 12.9 Å². The number of fused-ring (bicyclic) bond motifs is 1. The van der Waals surface area contributed by atoms with Crippen LogP contribution in [0.25, 0.3) is 10.9 Å². The summed E-state index contributed by atoms with van der Waals surface area (Å²) in [6.07, 6.45) is 1.96. The summed E-state index contributed by atoms with van der Waals surface area (Å²) >= 11 is 0. The zero-order chi connectivity index (χ0) is 18.9. The molecule has 26 heavy (non-hydrogen) atoms. The minimum atomic E-state index is -0.786. The average Bonchev–Trinajstić information content (AvgIpc) is 2.93. The number of carbonyl (C=O) groups excluding carboxylic acids is 1. The van der Waals surface area contributed by atoms with E-state index in [0.29, 0.717) is 17.8 Å². The van der Waals surface area contributed by atoms with E-state index < -0.39 is 17.7 Å². The van der Waals surface area contributed by atoms with Gasteiger partial charge in [0.15, 0.2) is 5.75 Å². The van der Waals surface area contributed by atoms with E-state index in [2.05, 4.69) is 9.97 Å². The average molecular weight is 357 g/mol. The molecule has 1 aromatic carbocycles. The minimum Gasteiger partial charge on any atom is -0.428 e. The number of carbonyl (C=O) groups is 1. The maximum Gasteiger partial charge on any atom is 0.514 e. The van der Waals surface area contributed by atoms with E-state index in [9.17, 15) is 9.18 Å². The molecular formula is C19H20FN3O3.